The van der Waals surface area contributed by atoms with Gasteiger partial charge in [-0.15, -0.1) is 6.42 Å². The monoisotopic (exact) mass is 238 g/mol. The second-order valence-corrected chi connectivity index (χ2v) is 3.93. The van der Waals surface area contributed by atoms with Gasteiger partial charge in [0.2, 0.25) is 0 Å². The van der Waals surface area contributed by atoms with Crippen molar-refractivity contribution in [1.82, 2.24) is 0 Å². The fourth-order valence-electron chi connectivity index (χ4n) is 1.47. The van der Waals surface area contributed by atoms with Crippen LogP contribution in [0.5, 0.6) is 5.75 Å². The maximum absolute atomic E-state index is 5.54. The van der Waals surface area contributed by atoms with Crippen LogP contribution in [0.25, 0.3) is 6.08 Å². The lowest BCUT2D eigenvalue weighted by molar-refractivity contribution is 0.415. The minimum atomic E-state index is 0.802. The zero-order valence-electron chi connectivity index (χ0n) is 11.2. The highest BCUT2D eigenvalue weighted by Gasteiger charge is 2.02. The zero-order valence-corrected chi connectivity index (χ0v) is 11.2. The number of allylic oxidation sites excluding steroid dienone is 4. The van der Waals surface area contributed by atoms with E-state index in [4.69, 9.17) is 11.2 Å². The molecule has 1 aromatic rings. The Hall–Kier alpha value is -2.20. The average Bonchev–Trinajstić information content (AvgIpc) is 2.43. The Kier molecular flexibility index (Phi) is 5.02. The van der Waals surface area contributed by atoms with Gasteiger partial charge in [0.05, 0.1) is 7.11 Å². The molecule has 0 radical (unpaired) electrons. The highest BCUT2D eigenvalue weighted by atomic mass is 16.5. The fourth-order valence-corrected chi connectivity index (χ4v) is 1.47. The molecule has 0 fully saturated rings. The Morgan fingerprint density at radius 2 is 1.94 bits per heavy atom. The lowest BCUT2D eigenvalue weighted by Crippen LogP contribution is -1.88. The number of ether oxygens (including phenoxy) is 1. The lowest BCUT2D eigenvalue weighted by atomic mass is 9.99. The molecule has 0 bridgehead atoms. The molecule has 92 valence electrons. The number of benzene rings is 1. The predicted molar refractivity (Wildman–Crippen MR) is 78.4 cm³/mol. The van der Waals surface area contributed by atoms with Gasteiger partial charge in [-0.25, -0.2) is 0 Å². The van der Waals surface area contributed by atoms with Crippen molar-refractivity contribution in [2.24, 2.45) is 0 Å². The molecule has 0 amide bonds. The summed E-state index contributed by atoms with van der Waals surface area (Å²) in [6.45, 7) is 8.00. The van der Waals surface area contributed by atoms with E-state index in [0.29, 0.717) is 0 Å². The first-order chi connectivity index (χ1) is 8.62. The van der Waals surface area contributed by atoms with Crippen LogP contribution in [0, 0.1) is 12.3 Å². The van der Waals surface area contributed by atoms with Gasteiger partial charge in [0.1, 0.15) is 5.75 Å². The first-order valence-electron chi connectivity index (χ1n) is 5.77. The van der Waals surface area contributed by atoms with Gasteiger partial charge in [0.25, 0.3) is 0 Å². The largest absolute Gasteiger partial charge is 0.497 e. The minimum absolute atomic E-state index is 0.802. The number of terminal acetylenes is 1. The molecule has 0 saturated carbocycles. The third-order valence-corrected chi connectivity index (χ3v) is 2.82. The Balaban J connectivity index is 3.05. The van der Waals surface area contributed by atoms with Gasteiger partial charge >= 0.3 is 0 Å². The van der Waals surface area contributed by atoms with E-state index >= 15 is 0 Å². The molecule has 1 nitrogen and oxygen atoms in total. The van der Waals surface area contributed by atoms with E-state index in [1.165, 1.54) is 0 Å². The number of rotatable bonds is 4. The molecule has 1 heteroatoms. The van der Waals surface area contributed by atoms with Crippen LogP contribution in [-0.2, 0) is 0 Å². The molecule has 0 saturated heterocycles. The summed E-state index contributed by atoms with van der Waals surface area (Å²) in [5, 5.41) is 0. The molecule has 1 rings (SSSR count). The molecule has 1 aromatic carbocycles. The molecular weight excluding hydrogens is 220 g/mol. The van der Waals surface area contributed by atoms with Crippen LogP contribution in [0.1, 0.15) is 19.4 Å². The third-order valence-electron chi connectivity index (χ3n) is 2.82. The number of methoxy groups -OCH3 is 1. The molecule has 18 heavy (non-hydrogen) atoms. The summed E-state index contributed by atoms with van der Waals surface area (Å²) in [6, 6.07) is 7.75. The van der Waals surface area contributed by atoms with Crippen molar-refractivity contribution in [1.29, 1.82) is 0 Å². The van der Waals surface area contributed by atoms with Crippen LogP contribution in [0.2, 0.25) is 0 Å². The summed E-state index contributed by atoms with van der Waals surface area (Å²) in [4.78, 5) is 0. The molecule has 0 heterocycles. The van der Waals surface area contributed by atoms with Crippen LogP contribution < -0.4 is 4.74 Å². The van der Waals surface area contributed by atoms with Gasteiger partial charge < -0.3 is 4.74 Å². The van der Waals surface area contributed by atoms with Crippen molar-refractivity contribution in [3.05, 3.63) is 59.2 Å². The second kappa shape index (κ2) is 6.51. The minimum Gasteiger partial charge on any atom is -0.497 e. The predicted octanol–water partition coefficient (Wildman–Crippen LogP) is 4.23. The fraction of sp³-hybridized carbons (Fsp3) is 0.176. The van der Waals surface area contributed by atoms with Gasteiger partial charge in [-0.05, 0) is 48.8 Å². The molecule has 0 aliphatic rings. The maximum atomic E-state index is 5.54. The van der Waals surface area contributed by atoms with Crippen molar-refractivity contribution in [2.45, 2.75) is 13.8 Å². The van der Waals surface area contributed by atoms with Gasteiger partial charge in [-0.3, -0.25) is 0 Å². The Labute approximate surface area is 109 Å². The van der Waals surface area contributed by atoms with E-state index in [9.17, 15) is 0 Å². The van der Waals surface area contributed by atoms with Crippen molar-refractivity contribution < 1.29 is 4.74 Å². The van der Waals surface area contributed by atoms with Crippen molar-refractivity contribution in [2.75, 3.05) is 7.11 Å². The van der Waals surface area contributed by atoms with Crippen molar-refractivity contribution in [3.8, 4) is 18.1 Å². The molecule has 0 aliphatic heterocycles. The van der Waals surface area contributed by atoms with Gasteiger partial charge in [0, 0.05) is 5.57 Å². The molecule has 0 atom stereocenters. The van der Waals surface area contributed by atoms with E-state index in [1.54, 1.807) is 7.11 Å². The van der Waals surface area contributed by atoms with E-state index in [1.807, 2.05) is 50.3 Å². The maximum Gasteiger partial charge on any atom is 0.118 e. The van der Waals surface area contributed by atoms with Gasteiger partial charge in [0.15, 0.2) is 0 Å². The van der Waals surface area contributed by atoms with Crippen LogP contribution in [-0.4, -0.2) is 7.11 Å². The average molecular weight is 238 g/mol. The number of hydrogen-bond acceptors (Lipinski definition) is 1. The lowest BCUT2D eigenvalue weighted by Gasteiger charge is -2.06. The van der Waals surface area contributed by atoms with Gasteiger partial charge in [-0.2, -0.15) is 0 Å². The first kappa shape index (κ1) is 13.9. The molecule has 0 unspecified atom stereocenters. The SMILES string of the molecule is C#C/C(=C\c1ccc(OC)cc1)C(=C)/C(C)=C/C. The quantitative estimate of drug-likeness (QED) is 0.563. The summed E-state index contributed by atoms with van der Waals surface area (Å²) in [5.74, 6) is 3.51. The molecule has 0 spiro atoms. The smallest absolute Gasteiger partial charge is 0.118 e. The summed E-state index contributed by atoms with van der Waals surface area (Å²) in [6.07, 6.45) is 9.49. The summed E-state index contributed by atoms with van der Waals surface area (Å²) in [5.41, 5.74) is 3.81. The Morgan fingerprint density at radius 1 is 1.33 bits per heavy atom. The van der Waals surface area contributed by atoms with Crippen molar-refractivity contribution in [3.63, 3.8) is 0 Å². The molecule has 0 N–H and O–H groups in total. The standard InChI is InChI=1S/C17H18O/c1-6-13(3)14(4)16(7-2)12-15-8-10-17(18-5)11-9-15/h2,6,8-12H,4H2,1,3,5H3/b13-6+,16-12+. The summed E-state index contributed by atoms with van der Waals surface area (Å²) >= 11 is 0. The summed E-state index contributed by atoms with van der Waals surface area (Å²) < 4.78 is 5.12. The molecule has 0 aromatic heterocycles. The highest BCUT2D eigenvalue weighted by Crippen LogP contribution is 2.20. The van der Waals surface area contributed by atoms with E-state index in [0.717, 1.165) is 28.0 Å². The topological polar surface area (TPSA) is 9.23 Å². The summed E-state index contributed by atoms with van der Waals surface area (Å²) in [7, 11) is 1.65. The first-order valence-corrected chi connectivity index (χ1v) is 5.77. The van der Waals surface area contributed by atoms with Crippen LogP contribution in [0.3, 0.4) is 0 Å². The highest BCUT2D eigenvalue weighted by molar-refractivity contribution is 5.67. The molecule has 0 aliphatic carbocycles. The van der Waals surface area contributed by atoms with Gasteiger partial charge in [-0.1, -0.05) is 30.7 Å². The Morgan fingerprint density at radius 3 is 2.39 bits per heavy atom. The van der Waals surface area contributed by atoms with E-state index < -0.39 is 0 Å². The third kappa shape index (κ3) is 3.40. The zero-order chi connectivity index (χ0) is 13.5. The normalized spacial score (nSPS) is 11.9. The Bertz CT molecular complexity index is 522. The second-order valence-electron chi connectivity index (χ2n) is 3.93. The van der Waals surface area contributed by atoms with Crippen LogP contribution in [0.15, 0.2) is 53.6 Å². The van der Waals surface area contributed by atoms with Crippen LogP contribution >= 0.6 is 0 Å². The molecular formula is C17H18O. The van der Waals surface area contributed by atoms with Crippen molar-refractivity contribution >= 4 is 6.08 Å². The number of hydrogen-bond donors (Lipinski definition) is 0. The van der Waals surface area contributed by atoms with E-state index in [-0.39, 0.29) is 0 Å². The van der Waals surface area contributed by atoms with E-state index in [2.05, 4.69) is 12.5 Å². The van der Waals surface area contributed by atoms with Crippen LogP contribution in [0.4, 0.5) is 0 Å².